The van der Waals surface area contributed by atoms with E-state index in [2.05, 4.69) is 15.0 Å². The molecule has 0 aromatic carbocycles. The first-order chi connectivity index (χ1) is 12.8. The molecule has 5 heterocycles. The minimum absolute atomic E-state index is 0.00634. The second-order valence-electron chi connectivity index (χ2n) is 7.95. The number of likely N-dealkylation sites (tertiary alicyclic amines) is 1. The van der Waals surface area contributed by atoms with Crippen LogP contribution in [0.1, 0.15) is 36.2 Å². The standard InChI is InChI=1S/C19H25N5O2/c25-12-17-14-8-13(15-4-1-2-7-23(15)17)10-22(11-14)19(26)16-9-20-18-5-3-6-21-24(16)18/h3,5-6,9,13-15,17,25H,1-2,4,7-8,10-12H2/t13-,14+,15+,17+/m1/s1. The number of fused-ring (bicyclic) bond motifs is 5. The lowest BCUT2D eigenvalue weighted by Gasteiger charge is -2.56. The van der Waals surface area contributed by atoms with Crippen molar-refractivity contribution in [2.75, 3.05) is 26.2 Å². The second-order valence-corrected chi connectivity index (χ2v) is 7.95. The van der Waals surface area contributed by atoms with E-state index in [0.717, 1.165) is 19.5 Å². The zero-order chi connectivity index (χ0) is 17.7. The molecule has 3 saturated heterocycles. The van der Waals surface area contributed by atoms with Gasteiger partial charge in [0.05, 0.1) is 12.8 Å². The van der Waals surface area contributed by atoms with Gasteiger partial charge in [-0.05, 0) is 49.8 Å². The fraction of sp³-hybridized carbons (Fsp3) is 0.632. The van der Waals surface area contributed by atoms with E-state index in [4.69, 9.17) is 0 Å². The van der Waals surface area contributed by atoms with Crippen LogP contribution in [-0.4, -0.2) is 73.7 Å². The molecule has 3 aliphatic heterocycles. The molecule has 0 unspecified atom stereocenters. The van der Waals surface area contributed by atoms with E-state index in [-0.39, 0.29) is 18.6 Å². The highest BCUT2D eigenvalue weighted by molar-refractivity contribution is 5.93. The van der Waals surface area contributed by atoms with Gasteiger partial charge in [-0.25, -0.2) is 9.50 Å². The molecule has 0 saturated carbocycles. The summed E-state index contributed by atoms with van der Waals surface area (Å²) < 4.78 is 1.63. The van der Waals surface area contributed by atoms with Gasteiger partial charge in [0, 0.05) is 31.4 Å². The average molecular weight is 355 g/mol. The molecule has 0 radical (unpaired) electrons. The minimum atomic E-state index is 0.00634. The van der Waals surface area contributed by atoms with Gasteiger partial charge >= 0.3 is 0 Å². The van der Waals surface area contributed by atoms with Gasteiger partial charge in [-0.1, -0.05) is 6.42 Å². The number of carbonyl (C=O) groups is 1. The molecule has 7 heteroatoms. The van der Waals surface area contributed by atoms with Gasteiger partial charge in [-0.3, -0.25) is 9.69 Å². The van der Waals surface area contributed by atoms with Gasteiger partial charge in [0.2, 0.25) is 0 Å². The lowest BCUT2D eigenvalue weighted by molar-refractivity contribution is -0.0796. The summed E-state index contributed by atoms with van der Waals surface area (Å²) in [4.78, 5) is 22.0. The van der Waals surface area contributed by atoms with Crippen molar-refractivity contribution >= 4 is 11.6 Å². The molecule has 2 aromatic rings. The van der Waals surface area contributed by atoms with Crippen molar-refractivity contribution in [3.05, 3.63) is 30.2 Å². The van der Waals surface area contributed by atoms with Crippen LogP contribution >= 0.6 is 0 Å². The van der Waals surface area contributed by atoms with Crippen LogP contribution in [0.4, 0.5) is 0 Å². The highest BCUT2D eigenvalue weighted by Gasteiger charge is 2.47. The Labute approximate surface area is 152 Å². The van der Waals surface area contributed by atoms with Crippen molar-refractivity contribution < 1.29 is 9.90 Å². The third-order valence-electron chi connectivity index (χ3n) is 6.59. The normalized spacial score (nSPS) is 31.8. The van der Waals surface area contributed by atoms with E-state index in [9.17, 15) is 9.90 Å². The molecule has 26 heavy (non-hydrogen) atoms. The molecular weight excluding hydrogens is 330 g/mol. The van der Waals surface area contributed by atoms with Crippen LogP contribution in [0.5, 0.6) is 0 Å². The zero-order valence-corrected chi connectivity index (χ0v) is 14.9. The monoisotopic (exact) mass is 355 g/mol. The lowest BCUT2D eigenvalue weighted by Crippen LogP contribution is -2.65. The highest BCUT2D eigenvalue weighted by atomic mass is 16.3. The Morgan fingerprint density at radius 1 is 1.27 bits per heavy atom. The van der Waals surface area contributed by atoms with Gasteiger partial charge in [0.15, 0.2) is 11.3 Å². The van der Waals surface area contributed by atoms with Crippen LogP contribution in [0.2, 0.25) is 0 Å². The Bertz CT molecular complexity index is 807. The second kappa shape index (κ2) is 6.32. The van der Waals surface area contributed by atoms with Crippen LogP contribution in [0.25, 0.3) is 5.65 Å². The number of imidazole rings is 1. The number of carbonyl (C=O) groups excluding carboxylic acids is 1. The van der Waals surface area contributed by atoms with Crippen molar-refractivity contribution in [1.82, 2.24) is 24.4 Å². The van der Waals surface area contributed by atoms with Gasteiger partial charge in [0.25, 0.3) is 5.91 Å². The molecule has 138 valence electrons. The predicted octanol–water partition coefficient (Wildman–Crippen LogP) is 1.04. The molecule has 7 nitrogen and oxygen atoms in total. The topological polar surface area (TPSA) is 74.0 Å². The molecule has 0 spiro atoms. The molecule has 0 aliphatic carbocycles. The van der Waals surface area contributed by atoms with Crippen LogP contribution in [-0.2, 0) is 0 Å². The van der Waals surface area contributed by atoms with E-state index >= 15 is 0 Å². The van der Waals surface area contributed by atoms with E-state index in [1.165, 1.54) is 19.3 Å². The van der Waals surface area contributed by atoms with Crippen LogP contribution < -0.4 is 0 Å². The molecule has 3 fully saturated rings. The number of amides is 1. The van der Waals surface area contributed by atoms with Gasteiger partial charge < -0.3 is 10.0 Å². The van der Waals surface area contributed by atoms with E-state index < -0.39 is 0 Å². The predicted molar refractivity (Wildman–Crippen MR) is 95.7 cm³/mol. The lowest BCUT2D eigenvalue weighted by atomic mass is 9.72. The fourth-order valence-corrected chi connectivity index (χ4v) is 5.46. The summed E-state index contributed by atoms with van der Waals surface area (Å²) in [7, 11) is 0. The SMILES string of the molecule is O=C(c1cnc2cccnn12)N1C[C@H]2C[C@@H](C1)[C@H](CO)N1CCCC[C@@H]21. The Kier molecular flexibility index (Phi) is 3.94. The Morgan fingerprint density at radius 3 is 3.04 bits per heavy atom. The molecule has 3 aliphatic rings. The summed E-state index contributed by atoms with van der Waals surface area (Å²) in [5, 5.41) is 14.3. The molecule has 1 amide bonds. The number of rotatable bonds is 2. The smallest absolute Gasteiger partial charge is 0.274 e. The maximum absolute atomic E-state index is 13.2. The number of piperidine rings is 3. The van der Waals surface area contributed by atoms with Crippen LogP contribution in [0.15, 0.2) is 24.5 Å². The third-order valence-corrected chi connectivity index (χ3v) is 6.59. The summed E-state index contributed by atoms with van der Waals surface area (Å²) in [6.07, 6.45) is 8.10. The number of hydrogen-bond acceptors (Lipinski definition) is 5. The number of aromatic nitrogens is 3. The molecule has 1 N–H and O–H groups in total. The number of nitrogens with zero attached hydrogens (tertiary/aromatic N) is 5. The van der Waals surface area contributed by atoms with Crippen LogP contribution in [0.3, 0.4) is 0 Å². The number of aliphatic hydroxyl groups excluding tert-OH is 1. The quantitative estimate of drug-likeness (QED) is 0.871. The van der Waals surface area contributed by atoms with Gasteiger partial charge in [-0.2, -0.15) is 5.10 Å². The zero-order valence-electron chi connectivity index (χ0n) is 14.9. The molecule has 2 aromatic heterocycles. The van der Waals surface area contributed by atoms with Crippen molar-refractivity contribution in [2.45, 2.75) is 37.8 Å². The van der Waals surface area contributed by atoms with Gasteiger partial charge in [0.1, 0.15) is 0 Å². The summed E-state index contributed by atoms with van der Waals surface area (Å²) >= 11 is 0. The van der Waals surface area contributed by atoms with E-state index in [1.807, 2.05) is 17.0 Å². The van der Waals surface area contributed by atoms with Gasteiger partial charge in [-0.15, -0.1) is 0 Å². The average Bonchev–Trinajstić information content (AvgIpc) is 3.12. The van der Waals surface area contributed by atoms with E-state index in [0.29, 0.717) is 35.8 Å². The Morgan fingerprint density at radius 2 is 2.15 bits per heavy atom. The Balaban J connectivity index is 1.43. The Hall–Kier alpha value is -1.99. The number of hydrogen-bond donors (Lipinski definition) is 1. The maximum Gasteiger partial charge on any atom is 0.274 e. The third kappa shape index (κ3) is 2.45. The maximum atomic E-state index is 13.2. The summed E-state index contributed by atoms with van der Waals surface area (Å²) in [6.45, 7) is 2.79. The number of aliphatic hydroxyl groups is 1. The van der Waals surface area contributed by atoms with E-state index in [1.54, 1.807) is 16.9 Å². The largest absolute Gasteiger partial charge is 0.395 e. The molecule has 4 atom stereocenters. The fourth-order valence-electron chi connectivity index (χ4n) is 5.46. The first kappa shape index (κ1) is 16.2. The molecule has 5 rings (SSSR count). The molecular formula is C19H25N5O2. The van der Waals surface area contributed by atoms with Crippen molar-refractivity contribution in [3.63, 3.8) is 0 Å². The summed E-state index contributed by atoms with van der Waals surface area (Å²) in [5.41, 5.74) is 1.22. The first-order valence-corrected chi connectivity index (χ1v) is 9.71. The van der Waals surface area contributed by atoms with Crippen molar-refractivity contribution in [3.8, 4) is 0 Å². The van der Waals surface area contributed by atoms with Crippen LogP contribution in [0, 0.1) is 11.8 Å². The minimum Gasteiger partial charge on any atom is -0.395 e. The molecule has 2 bridgehead atoms. The highest BCUT2D eigenvalue weighted by Crippen LogP contribution is 2.41. The summed E-state index contributed by atoms with van der Waals surface area (Å²) in [5.74, 6) is 0.865. The van der Waals surface area contributed by atoms with Crippen molar-refractivity contribution in [1.29, 1.82) is 0 Å². The summed E-state index contributed by atoms with van der Waals surface area (Å²) in [6, 6.07) is 4.38. The van der Waals surface area contributed by atoms with Crippen molar-refractivity contribution in [2.24, 2.45) is 11.8 Å². The first-order valence-electron chi connectivity index (χ1n) is 9.71.